The number of amides is 4. The molecule has 49 heteroatoms. The Hall–Kier alpha value is -5.11. The number of carboxylic acids is 3. The molecule has 7 rings (SSSR count). The largest absolute Gasteiger partial charge is 0.477 e. The Morgan fingerprint density at radius 3 is 1.16 bits per heavy atom. The van der Waals surface area contributed by atoms with E-state index >= 15 is 0 Å². The van der Waals surface area contributed by atoms with Gasteiger partial charge in [0.05, 0.1) is 82.7 Å². The van der Waals surface area contributed by atoms with Crippen LogP contribution in [-0.4, -0.2) is 447 Å². The first-order valence-electron chi connectivity index (χ1n) is 33.5. The van der Waals surface area contributed by atoms with Gasteiger partial charge < -0.3 is 211 Å². The van der Waals surface area contributed by atoms with Crippen LogP contribution in [0.15, 0.2) is 0 Å². The maximum atomic E-state index is 14.2. The van der Waals surface area contributed by atoms with Crippen LogP contribution in [0.3, 0.4) is 0 Å². The first kappa shape index (κ1) is 90.1. The summed E-state index contributed by atoms with van der Waals surface area (Å²) in [5.74, 6) is -22.1. The van der Waals surface area contributed by atoms with Gasteiger partial charge >= 0.3 is 17.9 Å². The normalized spacial score (nSPS) is 43.4. The van der Waals surface area contributed by atoms with E-state index in [0.717, 1.165) is 27.7 Å². The smallest absolute Gasteiger partial charge is 0.364 e. The highest BCUT2D eigenvalue weighted by Gasteiger charge is 2.65. The van der Waals surface area contributed by atoms with Gasteiger partial charge in [-0.1, -0.05) is 0 Å². The standard InChI is InChI=1S/C59H96N4O45/c1-15(71)60-29-19(75)5-57(54(90)91,105-46(29)33(79)22(78)8-64)103-25(11-67)36(82)47-30(61-16(2)72)20(76)6-58(106-47,55(92)93)104-26(12-68)37(83)48-31(62-17(3)73)21(77)7-59(107-48,56(94)95)108-49-42(88)53(100-43-27(13-69)96-50(89)40(86)39(43)85)99-28(14-70)44(49)101-51-32(63-18(4)74)45(35(81)24(10-66)97-51)102-52-41(87)38(84)34(80)23(9-65)98-52/h19-53,64-70,75-89H,5-14H2,1-4H3,(H,60,71)(H,61,72)(H,62,73)(H,63,74)(H,90,91)(H,92,93)(H,94,95)/t19-,20-,21-,22+,23+,24+,25+,26+,27+,28+,29+,30+,31+,32+,33+,34-,35-,36+,37+,38-,39-,40+,41+,42+,43+,44-,45+,46+,47+,48+,49+,50?,51-,52-,53-,57+,58+,59-/m0/s1. The van der Waals surface area contributed by atoms with Crippen LogP contribution in [0.25, 0.3) is 0 Å². The number of hydrogen-bond donors (Lipinski definition) is 29. The van der Waals surface area contributed by atoms with Crippen molar-refractivity contribution in [3.05, 3.63) is 0 Å². The molecule has 49 nitrogen and oxygen atoms in total. The second-order valence-electron chi connectivity index (χ2n) is 26.8. The highest BCUT2D eigenvalue weighted by atomic mass is 16.8. The average Bonchev–Trinajstić information content (AvgIpc) is 0.650. The number of carbonyl (C=O) groups is 7. The average molecular weight is 1580 g/mol. The first-order chi connectivity index (χ1) is 50.6. The van der Waals surface area contributed by atoms with Crippen LogP contribution < -0.4 is 21.3 Å². The van der Waals surface area contributed by atoms with E-state index in [4.69, 9.17) is 61.6 Å². The van der Waals surface area contributed by atoms with Crippen molar-refractivity contribution in [1.82, 2.24) is 21.3 Å². The van der Waals surface area contributed by atoms with Crippen molar-refractivity contribution in [2.45, 2.75) is 278 Å². The van der Waals surface area contributed by atoms with Gasteiger partial charge in [0.15, 0.2) is 25.2 Å². The molecule has 0 aromatic rings. The summed E-state index contributed by atoms with van der Waals surface area (Å²) in [6.45, 7) is -6.00. The van der Waals surface area contributed by atoms with E-state index in [-0.39, 0.29) is 0 Å². The summed E-state index contributed by atoms with van der Waals surface area (Å²) in [6.07, 6.45) is -76.9. The van der Waals surface area contributed by atoms with Crippen LogP contribution in [0.1, 0.15) is 47.0 Å². The molecule has 622 valence electrons. The van der Waals surface area contributed by atoms with Crippen LogP contribution >= 0.6 is 0 Å². The van der Waals surface area contributed by atoms with Crippen molar-refractivity contribution < 1.29 is 223 Å². The number of nitrogens with one attached hydrogen (secondary N) is 4. The minimum atomic E-state index is -3.77. The Morgan fingerprint density at radius 1 is 0.380 bits per heavy atom. The van der Waals surface area contributed by atoms with E-state index in [9.17, 15) is 161 Å². The number of aliphatic hydroxyl groups is 22. The van der Waals surface area contributed by atoms with Gasteiger partial charge in [-0.05, 0) is 0 Å². The van der Waals surface area contributed by atoms with E-state index < -0.39 is 339 Å². The van der Waals surface area contributed by atoms with Crippen molar-refractivity contribution in [1.29, 1.82) is 0 Å². The maximum absolute atomic E-state index is 14.2. The minimum Gasteiger partial charge on any atom is -0.477 e. The number of carbonyl (C=O) groups excluding carboxylic acids is 4. The van der Waals surface area contributed by atoms with Crippen LogP contribution in [-0.2, 0) is 95.1 Å². The molecule has 0 aromatic carbocycles. The summed E-state index contributed by atoms with van der Waals surface area (Å²) in [6, 6.07) is -8.21. The van der Waals surface area contributed by atoms with Gasteiger partial charge in [-0.2, -0.15) is 0 Å². The molecule has 7 saturated heterocycles. The van der Waals surface area contributed by atoms with Gasteiger partial charge in [-0.15, -0.1) is 0 Å². The molecule has 0 aliphatic carbocycles. The lowest BCUT2D eigenvalue weighted by molar-refractivity contribution is -0.403. The van der Waals surface area contributed by atoms with E-state index in [1.165, 1.54) is 0 Å². The monoisotopic (exact) mass is 1580 g/mol. The van der Waals surface area contributed by atoms with Gasteiger partial charge in [0.1, 0.15) is 153 Å². The molecule has 7 heterocycles. The van der Waals surface area contributed by atoms with E-state index in [1.807, 2.05) is 0 Å². The summed E-state index contributed by atoms with van der Waals surface area (Å²) in [5.41, 5.74) is 0. The third kappa shape index (κ3) is 19.4. The van der Waals surface area contributed by atoms with E-state index in [2.05, 4.69) is 21.3 Å². The van der Waals surface area contributed by atoms with Crippen molar-refractivity contribution in [2.75, 3.05) is 46.2 Å². The Morgan fingerprint density at radius 2 is 0.741 bits per heavy atom. The lowest BCUT2D eigenvalue weighted by Crippen LogP contribution is -2.73. The van der Waals surface area contributed by atoms with Crippen molar-refractivity contribution in [2.24, 2.45) is 0 Å². The van der Waals surface area contributed by atoms with Gasteiger partial charge in [0, 0.05) is 47.0 Å². The van der Waals surface area contributed by atoms with E-state index in [0.29, 0.717) is 0 Å². The molecule has 7 aliphatic heterocycles. The number of ether oxygens (including phenoxy) is 13. The summed E-state index contributed by atoms with van der Waals surface area (Å²) in [4.78, 5) is 92.3. The number of hydrogen-bond acceptors (Lipinski definition) is 42. The molecular weight excluding hydrogens is 1480 g/mol. The second-order valence-corrected chi connectivity index (χ2v) is 26.8. The summed E-state index contributed by atoms with van der Waals surface area (Å²) in [5, 5.41) is 285. The topological polar surface area (TPSA) is 793 Å². The number of carboxylic acid groups (broad SMARTS) is 3. The third-order valence-corrected chi connectivity index (χ3v) is 19.1. The van der Waals surface area contributed by atoms with Crippen molar-refractivity contribution in [3.8, 4) is 0 Å². The molecule has 0 spiro atoms. The molecule has 0 aromatic heterocycles. The predicted molar refractivity (Wildman–Crippen MR) is 330 cm³/mol. The van der Waals surface area contributed by atoms with Crippen LogP contribution in [0.4, 0.5) is 0 Å². The molecule has 38 atom stereocenters. The van der Waals surface area contributed by atoms with E-state index in [1.54, 1.807) is 0 Å². The molecule has 29 N–H and O–H groups in total. The fourth-order valence-corrected chi connectivity index (χ4v) is 13.7. The van der Waals surface area contributed by atoms with Gasteiger partial charge in [0.2, 0.25) is 23.6 Å². The highest BCUT2D eigenvalue weighted by Crippen LogP contribution is 2.44. The zero-order valence-electron chi connectivity index (χ0n) is 57.6. The molecule has 108 heavy (non-hydrogen) atoms. The molecular formula is C59H96N4O45. The molecule has 7 aliphatic rings. The first-order valence-corrected chi connectivity index (χ1v) is 33.5. The van der Waals surface area contributed by atoms with Crippen LogP contribution in [0, 0.1) is 0 Å². The second kappa shape index (κ2) is 37.7. The Balaban J connectivity index is 1.30. The Kier molecular flexibility index (Phi) is 31.4. The lowest BCUT2D eigenvalue weighted by atomic mass is 9.86. The fourth-order valence-electron chi connectivity index (χ4n) is 13.7. The summed E-state index contributed by atoms with van der Waals surface area (Å²) in [7, 11) is 0. The highest BCUT2D eigenvalue weighted by molar-refractivity contribution is 5.78. The van der Waals surface area contributed by atoms with Crippen molar-refractivity contribution >= 4 is 41.5 Å². The quantitative estimate of drug-likeness (QED) is 0.0297. The lowest BCUT2D eigenvalue weighted by Gasteiger charge is -2.53. The Bertz CT molecular complexity index is 3010. The molecule has 4 amide bonds. The number of aliphatic carboxylic acids is 3. The number of aliphatic hydroxyl groups excluding tert-OH is 22. The summed E-state index contributed by atoms with van der Waals surface area (Å²) < 4.78 is 75.3. The fraction of sp³-hybridized carbons (Fsp3) is 0.881. The van der Waals surface area contributed by atoms with Crippen LogP contribution in [0.2, 0.25) is 0 Å². The molecule has 0 bridgehead atoms. The number of rotatable bonds is 32. The van der Waals surface area contributed by atoms with Crippen LogP contribution in [0.5, 0.6) is 0 Å². The summed E-state index contributed by atoms with van der Waals surface area (Å²) >= 11 is 0. The van der Waals surface area contributed by atoms with Gasteiger partial charge in [-0.25, -0.2) is 14.4 Å². The molecule has 1 unspecified atom stereocenters. The molecule has 7 fully saturated rings. The SMILES string of the molecule is CC(=O)N[C@H]1[C@H](O[C@@H]2[C@H](O[C@]3(C(=O)O)C[C@H](O)[C@@H](NC(C)=O)[C@H]([C@H](O)[C@@H](CO)O[C@]4(C(=O)O)C[C@H](O)[C@@H](NC(C)=O)[C@H]([C@H](O)[C@@H](CO)O[C@]5(C(=O)O)C[C@H](O)[C@@H](NC(C)=O)[C@H]([C@H](O)[C@H](O)CO)O5)O4)O3)[C@@H](O)[C@H](O[C@H]3[C@@H](O)[C@@H](O)C(O)O[C@@H]3CO)O[C@@H]2CO)O[C@H](CO)[C@H](O)[C@@H]1O[C@@H]1O[C@H](CO)[C@H](O)[C@H](O)[C@H]1O. The van der Waals surface area contributed by atoms with Gasteiger partial charge in [-0.3, -0.25) is 19.2 Å². The zero-order valence-corrected chi connectivity index (χ0v) is 57.6. The minimum absolute atomic E-state index is 0.793. The molecule has 0 saturated carbocycles. The molecule has 0 radical (unpaired) electrons. The Labute approximate surface area is 609 Å². The predicted octanol–water partition coefficient (Wildman–Crippen LogP) is -18.1. The third-order valence-electron chi connectivity index (χ3n) is 19.1. The zero-order chi connectivity index (χ0) is 80.8. The van der Waals surface area contributed by atoms with Gasteiger partial charge in [0.25, 0.3) is 17.4 Å². The maximum Gasteiger partial charge on any atom is 0.364 e. The van der Waals surface area contributed by atoms with Crippen molar-refractivity contribution in [3.63, 3.8) is 0 Å².